The first-order chi connectivity index (χ1) is 11.1. The molecule has 0 aliphatic rings. The zero-order chi connectivity index (χ0) is 19.1. The summed E-state index contributed by atoms with van der Waals surface area (Å²) >= 11 is 0. The van der Waals surface area contributed by atoms with Gasteiger partial charge in [0.25, 0.3) is 0 Å². The van der Waals surface area contributed by atoms with E-state index in [1.165, 1.54) is 0 Å². The summed E-state index contributed by atoms with van der Waals surface area (Å²) in [7, 11) is 0. The summed E-state index contributed by atoms with van der Waals surface area (Å²) in [5.74, 6) is -3.17. The first-order valence-corrected chi connectivity index (χ1v) is 7.23. The van der Waals surface area contributed by atoms with Crippen molar-refractivity contribution in [3.63, 3.8) is 0 Å². The third-order valence-electron chi connectivity index (χ3n) is 1.70. The molecule has 0 heterocycles. The number of hydrogen-bond donors (Lipinski definition) is 0. The Kier molecular flexibility index (Phi) is 13.8. The minimum Gasteiger partial charge on any atom is -0.545 e. The van der Waals surface area contributed by atoms with Gasteiger partial charge < -0.3 is 24.1 Å². The number of hydrogen-bond acceptors (Lipinski definition) is 8. The van der Waals surface area contributed by atoms with E-state index in [1.54, 1.807) is 34.6 Å². The van der Waals surface area contributed by atoms with Crippen molar-refractivity contribution in [2.24, 2.45) is 0 Å². The molecular weight excluding hydrogens is 320 g/mol. The highest BCUT2D eigenvalue weighted by molar-refractivity contribution is 5.91. The number of esters is 3. The summed E-state index contributed by atoms with van der Waals surface area (Å²) < 4.78 is 13.9. The summed E-state index contributed by atoms with van der Waals surface area (Å²) in [4.78, 5) is 41.9. The Morgan fingerprint density at radius 3 is 1.46 bits per heavy atom. The summed E-state index contributed by atoms with van der Waals surface area (Å²) in [6, 6.07) is 0. The number of rotatable bonds is 7. The molecular formula is C16H23O8-. The van der Waals surface area contributed by atoms with E-state index in [-0.39, 0.29) is 18.8 Å². The molecule has 0 aromatic carbocycles. The lowest BCUT2D eigenvalue weighted by Crippen LogP contribution is -2.19. The molecule has 0 amide bonds. The van der Waals surface area contributed by atoms with Gasteiger partial charge in [0, 0.05) is 18.2 Å². The van der Waals surface area contributed by atoms with Gasteiger partial charge in [0.05, 0.1) is 24.8 Å². The second-order valence-electron chi connectivity index (χ2n) is 4.71. The zero-order valence-corrected chi connectivity index (χ0v) is 14.4. The van der Waals surface area contributed by atoms with Crippen molar-refractivity contribution in [3.8, 4) is 0 Å². The zero-order valence-electron chi connectivity index (χ0n) is 14.4. The van der Waals surface area contributed by atoms with Gasteiger partial charge in [-0.15, -0.1) is 0 Å². The normalized spacial score (nSPS) is 10.5. The summed E-state index contributed by atoms with van der Waals surface area (Å²) in [6.45, 7) is 8.80. The molecule has 0 atom stereocenters. The molecule has 8 heteroatoms. The van der Waals surface area contributed by atoms with Gasteiger partial charge in [-0.25, -0.2) is 14.4 Å². The van der Waals surface area contributed by atoms with Crippen LogP contribution >= 0.6 is 0 Å². The molecule has 0 aliphatic carbocycles. The maximum atomic E-state index is 10.9. The van der Waals surface area contributed by atoms with Crippen molar-refractivity contribution in [2.45, 2.75) is 46.8 Å². The Morgan fingerprint density at radius 1 is 0.792 bits per heavy atom. The van der Waals surface area contributed by atoms with Crippen LogP contribution in [0.25, 0.3) is 0 Å². The number of carboxylic acids is 1. The van der Waals surface area contributed by atoms with Crippen LogP contribution in [-0.2, 0) is 33.4 Å². The highest BCUT2D eigenvalue weighted by Gasteiger charge is 2.03. The van der Waals surface area contributed by atoms with E-state index in [1.807, 2.05) is 0 Å². The Hall–Kier alpha value is -2.64. The van der Waals surface area contributed by atoms with E-state index >= 15 is 0 Å². The Labute approximate surface area is 141 Å². The minimum atomic E-state index is -1.41. The van der Waals surface area contributed by atoms with Crippen molar-refractivity contribution in [1.82, 2.24) is 0 Å². The van der Waals surface area contributed by atoms with Crippen LogP contribution in [0, 0.1) is 0 Å². The molecule has 0 bridgehead atoms. The molecule has 0 spiro atoms. The minimum absolute atomic E-state index is 0.187. The summed E-state index contributed by atoms with van der Waals surface area (Å²) in [5.41, 5.74) is 0. The van der Waals surface area contributed by atoms with E-state index in [0.29, 0.717) is 6.08 Å². The van der Waals surface area contributed by atoms with Crippen LogP contribution in [0.4, 0.5) is 0 Å². The molecule has 24 heavy (non-hydrogen) atoms. The number of carbonyl (C=O) groups excluding carboxylic acids is 4. The molecule has 0 aliphatic heterocycles. The topological polar surface area (TPSA) is 119 Å². The Morgan fingerprint density at radius 2 is 1.17 bits per heavy atom. The lowest BCUT2D eigenvalue weighted by Gasteiger charge is -2.05. The van der Waals surface area contributed by atoms with E-state index in [4.69, 9.17) is 9.47 Å². The van der Waals surface area contributed by atoms with Crippen LogP contribution in [-0.4, -0.2) is 42.7 Å². The molecule has 0 radical (unpaired) electrons. The van der Waals surface area contributed by atoms with Crippen LogP contribution < -0.4 is 5.11 Å². The van der Waals surface area contributed by atoms with Crippen LogP contribution in [0.3, 0.4) is 0 Å². The highest BCUT2D eigenvalue weighted by Crippen LogP contribution is 1.93. The predicted molar refractivity (Wildman–Crippen MR) is 82.4 cm³/mol. The van der Waals surface area contributed by atoms with Gasteiger partial charge in [-0.05, 0) is 40.7 Å². The molecule has 0 rings (SSSR count). The van der Waals surface area contributed by atoms with Crippen LogP contribution in [0.2, 0.25) is 0 Å². The van der Waals surface area contributed by atoms with E-state index < -0.39 is 23.9 Å². The Bertz CT molecular complexity index is 450. The fraction of sp³-hybridized carbons (Fsp3) is 0.500. The van der Waals surface area contributed by atoms with Gasteiger partial charge >= 0.3 is 17.9 Å². The van der Waals surface area contributed by atoms with E-state index in [9.17, 15) is 24.3 Å². The van der Waals surface area contributed by atoms with Crippen molar-refractivity contribution < 1.29 is 38.5 Å². The third kappa shape index (κ3) is 19.4. The number of ether oxygens (including phenoxy) is 3. The first-order valence-electron chi connectivity index (χ1n) is 7.23. The Balaban J connectivity index is 0. The maximum absolute atomic E-state index is 10.9. The standard InChI is InChI=1S/C10H16O4.C6H8O4/c1-7(2)13-9(11)5-6-10(12)14-8(3)4;1-2-10-6(9)4-3-5(7)8/h5-8H,1-4H3;3-4H,2H2,1H3,(H,7,8)/p-1/b6-5+;4-3+. The molecule has 0 N–H and O–H groups in total. The van der Waals surface area contributed by atoms with Gasteiger partial charge in [0.1, 0.15) is 0 Å². The van der Waals surface area contributed by atoms with Gasteiger partial charge in [-0.1, -0.05) is 0 Å². The van der Waals surface area contributed by atoms with Gasteiger partial charge in [0.2, 0.25) is 0 Å². The molecule has 0 unspecified atom stereocenters. The third-order valence-corrected chi connectivity index (χ3v) is 1.70. The fourth-order valence-electron chi connectivity index (χ4n) is 1.01. The van der Waals surface area contributed by atoms with Crippen molar-refractivity contribution >= 4 is 23.9 Å². The molecule has 136 valence electrons. The van der Waals surface area contributed by atoms with Crippen LogP contribution in [0.5, 0.6) is 0 Å². The monoisotopic (exact) mass is 343 g/mol. The maximum Gasteiger partial charge on any atom is 0.331 e. The van der Waals surface area contributed by atoms with E-state index in [0.717, 1.165) is 18.2 Å². The molecule has 8 nitrogen and oxygen atoms in total. The first kappa shape index (κ1) is 23.6. The predicted octanol–water partition coefficient (Wildman–Crippen LogP) is 0.301. The highest BCUT2D eigenvalue weighted by atomic mass is 16.5. The largest absolute Gasteiger partial charge is 0.545 e. The second-order valence-corrected chi connectivity index (χ2v) is 4.71. The van der Waals surface area contributed by atoms with Crippen molar-refractivity contribution in [2.75, 3.05) is 6.61 Å². The average molecular weight is 343 g/mol. The number of carboxylic acid groups (broad SMARTS) is 1. The van der Waals surface area contributed by atoms with E-state index in [2.05, 4.69) is 4.74 Å². The lowest BCUT2D eigenvalue weighted by molar-refractivity contribution is -0.297. The second kappa shape index (κ2) is 14.0. The SMILES string of the molecule is CC(C)OC(=O)/C=C/C(=O)OC(C)C.CCOC(=O)/C=C/C(=O)[O-]. The smallest absolute Gasteiger partial charge is 0.331 e. The summed E-state index contributed by atoms with van der Waals surface area (Å²) in [5, 5.41) is 9.70. The van der Waals surface area contributed by atoms with Crippen LogP contribution in [0.15, 0.2) is 24.3 Å². The van der Waals surface area contributed by atoms with Gasteiger partial charge in [-0.3, -0.25) is 0 Å². The quantitative estimate of drug-likeness (QED) is 0.368. The fourth-order valence-corrected chi connectivity index (χ4v) is 1.01. The summed E-state index contributed by atoms with van der Waals surface area (Å²) in [6.07, 6.45) is 3.17. The molecule has 0 aromatic heterocycles. The van der Waals surface area contributed by atoms with Gasteiger partial charge in [-0.2, -0.15) is 0 Å². The van der Waals surface area contributed by atoms with Gasteiger partial charge in [0.15, 0.2) is 0 Å². The molecule has 0 saturated carbocycles. The number of aliphatic carboxylic acids is 1. The number of carbonyl (C=O) groups is 4. The molecule has 0 aromatic rings. The molecule has 0 fully saturated rings. The lowest BCUT2D eigenvalue weighted by atomic mass is 10.4. The average Bonchev–Trinajstić information content (AvgIpc) is 2.42. The van der Waals surface area contributed by atoms with Crippen molar-refractivity contribution in [3.05, 3.63) is 24.3 Å². The van der Waals surface area contributed by atoms with Crippen LogP contribution in [0.1, 0.15) is 34.6 Å². The molecule has 0 saturated heterocycles. The van der Waals surface area contributed by atoms with Crippen molar-refractivity contribution in [1.29, 1.82) is 0 Å².